The van der Waals surface area contributed by atoms with Gasteiger partial charge in [-0.3, -0.25) is 19.6 Å². The van der Waals surface area contributed by atoms with Gasteiger partial charge in [-0.2, -0.15) is 0 Å². The van der Waals surface area contributed by atoms with E-state index in [9.17, 15) is 19.2 Å². The Morgan fingerprint density at radius 2 is 1.19 bits per heavy atom. The molecule has 18 heteroatoms. The minimum Gasteiger partial charge on any atom is -0.493 e. The molecule has 4 aromatic rings. The molecule has 2 heterocycles. The van der Waals surface area contributed by atoms with Gasteiger partial charge in [-0.1, -0.05) is 12.1 Å². The van der Waals surface area contributed by atoms with Crippen LogP contribution in [0.5, 0.6) is 28.7 Å². The molecule has 0 fully saturated rings. The predicted octanol–water partition coefficient (Wildman–Crippen LogP) is 4.23. The number of halogens is 1. The third kappa shape index (κ3) is 15.2. The lowest BCUT2D eigenvalue weighted by Gasteiger charge is -2.25. The molecule has 0 atom stereocenters. The first-order chi connectivity index (χ1) is 29.9. The van der Waals surface area contributed by atoms with Gasteiger partial charge in [0.25, 0.3) is 0 Å². The first kappa shape index (κ1) is 49.2. The van der Waals surface area contributed by atoms with E-state index < -0.39 is 11.9 Å². The summed E-state index contributed by atoms with van der Waals surface area (Å²) in [6.07, 6.45) is 3.04. The standard InChI is InChI=1S/C44H57IN8O9/c1-8-52(21-19-50(3)4)40(54)28-46-26-34-24-32(15-17-48-34)43(56)60-39-23-31(13-14-36(39)58-6)30-51(5)20-22-53(9-2)41(55)29-47-27-35-25-33(16-18-49-35)44(57)61-42-37(59-7)11-10-12-38(42)62-45/h10-18,23-25,46-47H,8-9,19-22,26-30H2,1-7H3. The van der Waals surface area contributed by atoms with Gasteiger partial charge in [0.15, 0.2) is 46.0 Å². The Labute approximate surface area is 377 Å². The summed E-state index contributed by atoms with van der Waals surface area (Å²) in [5.74, 6) is 0.265. The van der Waals surface area contributed by atoms with E-state index in [1.165, 1.54) is 26.6 Å². The van der Waals surface area contributed by atoms with E-state index in [0.29, 0.717) is 80.0 Å². The maximum Gasteiger partial charge on any atom is 0.343 e. The van der Waals surface area contributed by atoms with Crippen molar-refractivity contribution in [2.75, 3.05) is 87.7 Å². The van der Waals surface area contributed by atoms with Crippen LogP contribution in [0.25, 0.3) is 0 Å². The molecule has 2 aromatic carbocycles. The normalized spacial score (nSPS) is 11.0. The van der Waals surface area contributed by atoms with Gasteiger partial charge in [-0.05, 0) is 89.1 Å². The minimum atomic E-state index is -0.609. The lowest BCUT2D eigenvalue weighted by molar-refractivity contribution is -0.131. The summed E-state index contributed by atoms with van der Waals surface area (Å²) in [4.78, 5) is 68.5. The van der Waals surface area contributed by atoms with Crippen molar-refractivity contribution in [1.29, 1.82) is 0 Å². The summed E-state index contributed by atoms with van der Waals surface area (Å²) in [6.45, 7) is 8.79. The number of esters is 2. The predicted molar refractivity (Wildman–Crippen MR) is 242 cm³/mol. The van der Waals surface area contributed by atoms with Crippen LogP contribution in [0.2, 0.25) is 0 Å². The van der Waals surface area contributed by atoms with Crippen LogP contribution in [0, 0.1) is 0 Å². The van der Waals surface area contributed by atoms with Crippen LogP contribution < -0.4 is 32.6 Å². The van der Waals surface area contributed by atoms with Crippen LogP contribution in [0.3, 0.4) is 0 Å². The second-order valence-electron chi connectivity index (χ2n) is 14.4. The number of carbonyl (C=O) groups excluding carboxylic acids is 4. The fourth-order valence-corrected chi connectivity index (χ4v) is 6.52. The van der Waals surface area contributed by atoms with Crippen molar-refractivity contribution in [3.8, 4) is 28.7 Å². The number of para-hydroxylation sites is 1. The van der Waals surface area contributed by atoms with Crippen LogP contribution in [-0.2, 0) is 29.2 Å². The van der Waals surface area contributed by atoms with Crippen LogP contribution in [0.4, 0.5) is 0 Å². The number of hydrogen-bond acceptors (Lipinski definition) is 15. The zero-order valence-electron chi connectivity index (χ0n) is 36.4. The van der Waals surface area contributed by atoms with Gasteiger partial charge in [-0.25, -0.2) is 9.59 Å². The molecule has 2 N–H and O–H groups in total. The highest BCUT2D eigenvalue weighted by molar-refractivity contribution is 14.1. The maximum atomic E-state index is 13.3. The zero-order chi connectivity index (χ0) is 45.0. The lowest BCUT2D eigenvalue weighted by Crippen LogP contribution is -2.41. The molecule has 2 amide bonds. The number of pyridine rings is 2. The van der Waals surface area contributed by atoms with Gasteiger partial charge >= 0.3 is 11.9 Å². The largest absolute Gasteiger partial charge is 0.493 e. The van der Waals surface area contributed by atoms with Gasteiger partial charge in [0.05, 0.1) is 49.8 Å². The van der Waals surface area contributed by atoms with Crippen molar-refractivity contribution in [2.24, 2.45) is 0 Å². The number of nitrogens with zero attached hydrogens (tertiary/aromatic N) is 6. The molecule has 0 saturated heterocycles. The molecule has 17 nitrogen and oxygen atoms in total. The number of ether oxygens (including phenoxy) is 4. The Morgan fingerprint density at radius 3 is 1.73 bits per heavy atom. The van der Waals surface area contributed by atoms with E-state index in [1.807, 2.05) is 46.0 Å². The Kier molecular flexibility index (Phi) is 20.3. The van der Waals surface area contributed by atoms with Gasteiger partial charge in [0.2, 0.25) is 17.6 Å². The van der Waals surface area contributed by atoms with E-state index in [4.69, 9.17) is 22.0 Å². The van der Waals surface area contributed by atoms with Crippen LogP contribution >= 0.6 is 23.0 Å². The van der Waals surface area contributed by atoms with E-state index in [1.54, 1.807) is 87.4 Å². The summed E-state index contributed by atoms with van der Waals surface area (Å²) < 4.78 is 27.5. The monoisotopic (exact) mass is 968 g/mol. The number of carbonyl (C=O) groups is 4. The summed E-state index contributed by atoms with van der Waals surface area (Å²) in [7, 11) is 8.87. The highest BCUT2D eigenvalue weighted by atomic mass is 127. The Morgan fingerprint density at radius 1 is 0.645 bits per heavy atom. The number of aromatic nitrogens is 2. The summed E-state index contributed by atoms with van der Waals surface area (Å²) in [5, 5.41) is 6.26. The highest BCUT2D eigenvalue weighted by Gasteiger charge is 2.20. The zero-order valence-corrected chi connectivity index (χ0v) is 38.6. The molecule has 2 aromatic heterocycles. The van der Waals surface area contributed by atoms with Gasteiger partial charge in [0, 0.05) is 71.3 Å². The van der Waals surface area contributed by atoms with E-state index >= 15 is 0 Å². The first-order valence-electron chi connectivity index (χ1n) is 20.2. The number of rotatable bonds is 25. The molecule has 0 aliphatic rings. The number of likely N-dealkylation sites (N-methyl/N-ethyl adjacent to an activating group) is 4. The Bertz CT molecular complexity index is 2080. The fourth-order valence-electron chi connectivity index (χ4n) is 6.17. The van der Waals surface area contributed by atoms with Crippen molar-refractivity contribution in [2.45, 2.75) is 33.5 Å². The fraction of sp³-hybridized carbons (Fsp3) is 0.409. The molecule has 0 unspecified atom stereocenters. The Hall–Kier alpha value is -5.41. The van der Waals surface area contributed by atoms with Crippen molar-refractivity contribution in [3.05, 3.63) is 101 Å². The number of benzene rings is 2. The third-order valence-corrected chi connectivity index (χ3v) is 10.1. The number of hydrogen-bond donors (Lipinski definition) is 2. The lowest BCUT2D eigenvalue weighted by atomic mass is 10.2. The average Bonchev–Trinajstić information content (AvgIpc) is 3.27. The van der Waals surface area contributed by atoms with Crippen molar-refractivity contribution < 1.29 is 41.2 Å². The SMILES string of the molecule is CCN(CCN(C)C)C(=O)CNCc1cc(C(=O)Oc2cc(CN(C)CCN(CC)C(=O)CNCc3cc(C(=O)Oc4c(OC)cccc4OI)ccn3)ccc2OC)ccn1. The first-order valence-corrected chi connectivity index (χ1v) is 21.0. The van der Waals surface area contributed by atoms with Crippen LogP contribution in [-0.4, -0.2) is 141 Å². The molecule has 334 valence electrons. The molecule has 0 spiro atoms. The van der Waals surface area contributed by atoms with Crippen molar-refractivity contribution in [1.82, 2.24) is 40.2 Å². The third-order valence-electron chi connectivity index (χ3n) is 9.63. The molecule has 0 aliphatic heterocycles. The summed E-state index contributed by atoms with van der Waals surface area (Å²) in [6, 6.07) is 16.8. The molecule has 4 rings (SSSR count). The average molecular weight is 969 g/mol. The molecule has 0 radical (unpaired) electrons. The molecular weight excluding hydrogens is 911 g/mol. The van der Waals surface area contributed by atoms with E-state index in [0.717, 1.165) is 12.1 Å². The summed E-state index contributed by atoms with van der Waals surface area (Å²) in [5.41, 5.74) is 2.62. The number of methoxy groups -OCH3 is 2. The van der Waals surface area contributed by atoms with Gasteiger partial charge < -0.3 is 52.2 Å². The molecule has 62 heavy (non-hydrogen) atoms. The molecule has 0 saturated carbocycles. The minimum absolute atomic E-state index is 0.00392. The van der Waals surface area contributed by atoms with Gasteiger partial charge in [0.1, 0.15) is 0 Å². The van der Waals surface area contributed by atoms with Gasteiger partial charge in [-0.15, -0.1) is 0 Å². The van der Waals surface area contributed by atoms with E-state index in [2.05, 4.69) is 25.5 Å². The molecule has 0 bridgehead atoms. The maximum absolute atomic E-state index is 13.3. The topological polar surface area (TPSA) is 177 Å². The number of amides is 2. The summed E-state index contributed by atoms with van der Waals surface area (Å²) >= 11 is 1.71. The van der Waals surface area contributed by atoms with Crippen LogP contribution in [0.15, 0.2) is 73.1 Å². The second kappa shape index (κ2) is 25.5. The van der Waals surface area contributed by atoms with Crippen molar-refractivity contribution in [3.63, 3.8) is 0 Å². The quantitative estimate of drug-likeness (QED) is 0.0548. The molecular formula is C44H57IN8O9. The highest BCUT2D eigenvalue weighted by Crippen LogP contribution is 2.38. The van der Waals surface area contributed by atoms with E-state index in [-0.39, 0.29) is 48.5 Å². The Balaban J connectivity index is 1.25. The smallest absolute Gasteiger partial charge is 0.343 e. The van der Waals surface area contributed by atoms with Crippen molar-refractivity contribution >= 4 is 46.8 Å². The number of nitrogens with one attached hydrogen (secondary N) is 2. The van der Waals surface area contributed by atoms with Crippen LogP contribution in [0.1, 0.15) is 51.5 Å². The second-order valence-corrected chi connectivity index (χ2v) is 14.8. The molecule has 0 aliphatic carbocycles.